The molecule has 1 nitrogen and oxygen atoms in total. The zero-order valence-electron chi connectivity index (χ0n) is 8.19. The van der Waals surface area contributed by atoms with Crippen molar-refractivity contribution >= 4 is 0 Å². The normalized spacial score (nSPS) is 22.3. The van der Waals surface area contributed by atoms with Gasteiger partial charge in [-0.1, -0.05) is 32.1 Å². The number of halogens is 3. The summed E-state index contributed by atoms with van der Waals surface area (Å²) in [6.07, 6.45) is -0.808. The molecule has 1 N–H and O–H groups in total. The highest BCUT2D eigenvalue weighted by Gasteiger charge is 2.32. The molecule has 1 atom stereocenters. The van der Waals surface area contributed by atoms with Gasteiger partial charge in [0.25, 0.3) is 0 Å². The molecule has 0 aromatic heterocycles. The van der Waals surface area contributed by atoms with E-state index in [2.05, 4.69) is 0 Å². The van der Waals surface area contributed by atoms with Crippen molar-refractivity contribution in [1.82, 2.24) is 0 Å². The molecule has 0 aromatic carbocycles. The first-order valence-electron chi connectivity index (χ1n) is 5.22. The third-order valence-electron chi connectivity index (χ3n) is 2.80. The molecule has 0 heterocycles. The van der Waals surface area contributed by atoms with Crippen LogP contribution in [-0.4, -0.2) is 17.4 Å². The van der Waals surface area contributed by atoms with Crippen LogP contribution in [0, 0.1) is 5.92 Å². The van der Waals surface area contributed by atoms with Gasteiger partial charge in [0, 0.05) is 0 Å². The van der Waals surface area contributed by atoms with Crippen molar-refractivity contribution in [2.24, 2.45) is 5.92 Å². The van der Waals surface area contributed by atoms with Crippen LogP contribution in [-0.2, 0) is 0 Å². The molecule has 4 heteroatoms. The molecule has 0 spiro atoms. The Morgan fingerprint density at radius 1 is 1.14 bits per heavy atom. The quantitative estimate of drug-likeness (QED) is 0.758. The Bertz CT molecular complexity index is 161. The van der Waals surface area contributed by atoms with E-state index in [1.54, 1.807) is 0 Å². The summed E-state index contributed by atoms with van der Waals surface area (Å²) < 4.78 is 35.7. The zero-order chi connectivity index (χ0) is 10.6. The molecule has 0 radical (unpaired) electrons. The summed E-state index contributed by atoms with van der Waals surface area (Å²) in [7, 11) is 0. The molecule has 14 heavy (non-hydrogen) atoms. The number of aliphatic hydroxyl groups excluding tert-OH is 1. The maximum Gasteiger partial charge on any atom is 0.391 e. The van der Waals surface area contributed by atoms with E-state index >= 15 is 0 Å². The Labute approximate surface area is 82.3 Å². The van der Waals surface area contributed by atoms with Crippen LogP contribution in [0.4, 0.5) is 13.2 Å². The van der Waals surface area contributed by atoms with Gasteiger partial charge in [-0.05, 0) is 12.3 Å². The molecule has 1 saturated carbocycles. The van der Waals surface area contributed by atoms with Crippen LogP contribution in [0.5, 0.6) is 0 Å². The second-order valence-electron chi connectivity index (χ2n) is 4.21. The fraction of sp³-hybridized carbons (Fsp3) is 1.00. The van der Waals surface area contributed by atoms with Gasteiger partial charge >= 0.3 is 6.18 Å². The van der Waals surface area contributed by atoms with Crippen molar-refractivity contribution in [3.63, 3.8) is 0 Å². The van der Waals surface area contributed by atoms with Gasteiger partial charge in [0.2, 0.25) is 0 Å². The SMILES string of the molecule is OC(CC1CCCCC1)CC(F)(F)F. The highest BCUT2D eigenvalue weighted by molar-refractivity contribution is 4.71. The van der Waals surface area contributed by atoms with Gasteiger partial charge in [0.05, 0.1) is 12.5 Å². The lowest BCUT2D eigenvalue weighted by molar-refractivity contribution is -0.155. The van der Waals surface area contributed by atoms with Gasteiger partial charge in [-0.2, -0.15) is 13.2 Å². The van der Waals surface area contributed by atoms with E-state index in [1.165, 1.54) is 6.42 Å². The summed E-state index contributed by atoms with van der Waals surface area (Å²) in [6, 6.07) is 0. The van der Waals surface area contributed by atoms with E-state index in [9.17, 15) is 18.3 Å². The first-order chi connectivity index (χ1) is 6.47. The Kier molecular flexibility index (Phi) is 4.23. The summed E-state index contributed by atoms with van der Waals surface area (Å²) in [4.78, 5) is 0. The minimum atomic E-state index is -4.23. The smallest absolute Gasteiger partial charge is 0.391 e. The third-order valence-corrected chi connectivity index (χ3v) is 2.80. The van der Waals surface area contributed by atoms with E-state index in [1.807, 2.05) is 0 Å². The Morgan fingerprint density at radius 2 is 1.71 bits per heavy atom. The summed E-state index contributed by atoms with van der Waals surface area (Å²) in [5.74, 6) is 0.307. The van der Waals surface area contributed by atoms with Gasteiger partial charge in [-0.3, -0.25) is 0 Å². The minimum Gasteiger partial charge on any atom is -0.393 e. The largest absolute Gasteiger partial charge is 0.393 e. The fourth-order valence-corrected chi connectivity index (χ4v) is 2.16. The molecule has 1 aliphatic rings. The van der Waals surface area contributed by atoms with E-state index in [0.717, 1.165) is 25.7 Å². The van der Waals surface area contributed by atoms with Crippen molar-refractivity contribution in [2.75, 3.05) is 0 Å². The highest BCUT2D eigenvalue weighted by atomic mass is 19.4. The van der Waals surface area contributed by atoms with Crippen molar-refractivity contribution in [2.45, 2.75) is 57.2 Å². The van der Waals surface area contributed by atoms with Crippen LogP contribution in [0.3, 0.4) is 0 Å². The first-order valence-corrected chi connectivity index (χ1v) is 5.22. The van der Waals surface area contributed by atoms with Crippen molar-refractivity contribution in [3.8, 4) is 0 Å². The molecule has 1 rings (SSSR count). The molecule has 0 aliphatic heterocycles. The number of aliphatic hydroxyl groups is 1. The van der Waals surface area contributed by atoms with Gasteiger partial charge in [0.15, 0.2) is 0 Å². The first kappa shape index (κ1) is 11.8. The summed E-state index contributed by atoms with van der Waals surface area (Å²) in [6.45, 7) is 0. The molecule has 84 valence electrons. The molecule has 0 saturated heterocycles. The van der Waals surface area contributed by atoms with Crippen LogP contribution in [0.2, 0.25) is 0 Å². The highest BCUT2D eigenvalue weighted by Crippen LogP contribution is 2.30. The number of rotatable bonds is 3. The van der Waals surface area contributed by atoms with E-state index in [4.69, 9.17) is 0 Å². The number of hydrogen-bond acceptors (Lipinski definition) is 1. The molecule has 1 aliphatic carbocycles. The topological polar surface area (TPSA) is 20.2 Å². The minimum absolute atomic E-state index is 0.307. The summed E-state index contributed by atoms with van der Waals surface area (Å²) in [5.41, 5.74) is 0. The maximum atomic E-state index is 11.9. The maximum absolute atomic E-state index is 11.9. The number of hydrogen-bond donors (Lipinski definition) is 1. The second kappa shape index (κ2) is 5.01. The average Bonchev–Trinajstić information content (AvgIpc) is 2.02. The molecular weight excluding hydrogens is 193 g/mol. The Balaban J connectivity index is 2.21. The van der Waals surface area contributed by atoms with E-state index < -0.39 is 18.7 Å². The van der Waals surface area contributed by atoms with Gasteiger partial charge in [-0.15, -0.1) is 0 Å². The van der Waals surface area contributed by atoms with Gasteiger partial charge in [-0.25, -0.2) is 0 Å². The summed E-state index contributed by atoms with van der Waals surface area (Å²) >= 11 is 0. The van der Waals surface area contributed by atoms with Crippen molar-refractivity contribution < 1.29 is 18.3 Å². The molecule has 1 fully saturated rings. The summed E-state index contributed by atoms with van der Waals surface area (Å²) in [5, 5.41) is 9.22. The van der Waals surface area contributed by atoms with Gasteiger partial charge in [0.1, 0.15) is 0 Å². The molecule has 0 bridgehead atoms. The predicted octanol–water partition coefficient (Wildman–Crippen LogP) is 3.27. The third kappa shape index (κ3) is 4.84. The van der Waals surface area contributed by atoms with Crippen LogP contribution in [0.1, 0.15) is 44.9 Å². The molecule has 1 unspecified atom stereocenters. The predicted molar refractivity (Wildman–Crippen MR) is 47.9 cm³/mol. The van der Waals surface area contributed by atoms with Gasteiger partial charge < -0.3 is 5.11 Å². The lowest BCUT2D eigenvalue weighted by Crippen LogP contribution is -2.22. The van der Waals surface area contributed by atoms with E-state index in [-0.39, 0.29) is 0 Å². The molecule has 0 aromatic rings. The fourth-order valence-electron chi connectivity index (χ4n) is 2.16. The molecular formula is C10H17F3O. The molecule has 0 amide bonds. The lowest BCUT2D eigenvalue weighted by Gasteiger charge is -2.24. The van der Waals surface area contributed by atoms with Crippen LogP contribution < -0.4 is 0 Å². The lowest BCUT2D eigenvalue weighted by atomic mass is 9.85. The zero-order valence-corrected chi connectivity index (χ0v) is 8.19. The van der Waals surface area contributed by atoms with Crippen molar-refractivity contribution in [3.05, 3.63) is 0 Å². The monoisotopic (exact) mass is 210 g/mol. The second-order valence-corrected chi connectivity index (χ2v) is 4.21. The average molecular weight is 210 g/mol. The van der Waals surface area contributed by atoms with Crippen molar-refractivity contribution in [1.29, 1.82) is 0 Å². The van der Waals surface area contributed by atoms with Crippen LogP contribution in [0.15, 0.2) is 0 Å². The number of alkyl halides is 3. The Hall–Kier alpha value is -0.250. The standard InChI is InChI=1S/C10H17F3O/c11-10(12,13)7-9(14)6-8-4-2-1-3-5-8/h8-9,14H,1-7H2. The van der Waals surface area contributed by atoms with Crippen LogP contribution in [0.25, 0.3) is 0 Å². The Morgan fingerprint density at radius 3 is 2.21 bits per heavy atom. The van der Waals surface area contributed by atoms with Crippen LogP contribution >= 0.6 is 0 Å². The van der Waals surface area contributed by atoms with E-state index in [0.29, 0.717) is 12.3 Å².